The largest absolute Gasteiger partial charge is 0.316 e. The molecule has 1 aromatic heterocycles. The Balaban J connectivity index is 1.93. The van der Waals surface area contributed by atoms with Crippen molar-refractivity contribution in [2.24, 2.45) is 5.92 Å². The van der Waals surface area contributed by atoms with E-state index in [1.165, 1.54) is 24.0 Å². The minimum Gasteiger partial charge on any atom is -0.316 e. The molecular weight excluding hydrogens is 250 g/mol. The van der Waals surface area contributed by atoms with Gasteiger partial charge in [-0.2, -0.15) is 11.3 Å². The second-order valence-corrected chi connectivity index (χ2v) is 5.88. The molecule has 0 bridgehead atoms. The minimum atomic E-state index is 0.684. The van der Waals surface area contributed by atoms with Crippen LogP contribution >= 0.6 is 11.3 Å². The molecule has 2 heteroatoms. The standard InChI is InChI=1S/C17H23NS/c1-2-9-18-13-17(12-16-8-10-19-14-16)11-15-6-4-3-5-7-15/h3-8,10,14,17-18H,2,9,11-13H2,1H3. The summed E-state index contributed by atoms with van der Waals surface area (Å²) in [6.45, 7) is 4.45. The molecule has 0 radical (unpaired) electrons. The highest BCUT2D eigenvalue weighted by Gasteiger charge is 2.10. The Morgan fingerprint density at radius 3 is 2.53 bits per heavy atom. The number of nitrogens with one attached hydrogen (secondary N) is 1. The summed E-state index contributed by atoms with van der Waals surface area (Å²) < 4.78 is 0. The topological polar surface area (TPSA) is 12.0 Å². The molecule has 1 heterocycles. The van der Waals surface area contributed by atoms with Crippen LogP contribution in [0.3, 0.4) is 0 Å². The number of hydrogen-bond donors (Lipinski definition) is 1. The van der Waals surface area contributed by atoms with Crippen molar-refractivity contribution in [2.75, 3.05) is 13.1 Å². The lowest BCUT2D eigenvalue weighted by Gasteiger charge is -2.17. The van der Waals surface area contributed by atoms with Gasteiger partial charge >= 0.3 is 0 Å². The van der Waals surface area contributed by atoms with Gasteiger partial charge in [0.1, 0.15) is 0 Å². The summed E-state index contributed by atoms with van der Waals surface area (Å²) in [5.74, 6) is 0.684. The lowest BCUT2D eigenvalue weighted by Crippen LogP contribution is -2.26. The van der Waals surface area contributed by atoms with E-state index in [1.807, 2.05) is 0 Å². The van der Waals surface area contributed by atoms with Gasteiger partial charge in [0, 0.05) is 0 Å². The third kappa shape index (κ3) is 5.17. The summed E-state index contributed by atoms with van der Waals surface area (Å²) in [6.07, 6.45) is 3.54. The summed E-state index contributed by atoms with van der Waals surface area (Å²) in [7, 11) is 0. The van der Waals surface area contributed by atoms with E-state index in [0.29, 0.717) is 5.92 Å². The molecule has 1 N–H and O–H groups in total. The van der Waals surface area contributed by atoms with Gasteiger partial charge in [-0.1, -0.05) is 37.3 Å². The van der Waals surface area contributed by atoms with Crippen LogP contribution in [0.5, 0.6) is 0 Å². The van der Waals surface area contributed by atoms with Gasteiger partial charge in [-0.3, -0.25) is 0 Å². The van der Waals surface area contributed by atoms with Gasteiger partial charge in [0.2, 0.25) is 0 Å². The first kappa shape index (κ1) is 14.3. The maximum Gasteiger partial charge on any atom is -0.00141 e. The lowest BCUT2D eigenvalue weighted by atomic mass is 9.93. The van der Waals surface area contributed by atoms with Crippen LogP contribution in [0, 0.1) is 5.92 Å². The van der Waals surface area contributed by atoms with E-state index in [9.17, 15) is 0 Å². The van der Waals surface area contributed by atoms with E-state index in [0.717, 1.165) is 19.5 Å². The van der Waals surface area contributed by atoms with E-state index in [-0.39, 0.29) is 0 Å². The Hall–Kier alpha value is -1.12. The van der Waals surface area contributed by atoms with Crippen molar-refractivity contribution < 1.29 is 0 Å². The molecule has 0 saturated heterocycles. The Labute approximate surface area is 120 Å². The fraction of sp³-hybridized carbons (Fsp3) is 0.412. The van der Waals surface area contributed by atoms with E-state index in [1.54, 1.807) is 11.3 Å². The van der Waals surface area contributed by atoms with Gasteiger partial charge in [0.25, 0.3) is 0 Å². The molecule has 0 spiro atoms. The maximum absolute atomic E-state index is 3.57. The smallest absolute Gasteiger partial charge is 0.00141 e. The molecule has 0 aliphatic rings. The average molecular weight is 273 g/mol. The van der Waals surface area contributed by atoms with Crippen LogP contribution in [0.4, 0.5) is 0 Å². The van der Waals surface area contributed by atoms with Crippen molar-refractivity contribution in [3.63, 3.8) is 0 Å². The summed E-state index contributed by atoms with van der Waals surface area (Å²) >= 11 is 1.80. The molecular formula is C17H23NS. The number of benzene rings is 1. The second kappa shape index (κ2) is 8.13. The van der Waals surface area contributed by atoms with Gasteiger partial charge in [-0.15, -0.1) is 0 Å². The highest BCUT2D eigenvalue weighted by atomic mass is 32.1. The molecule has 102 valence electrons. The number of thiophene rings is 1. The van der Waals surface area contributed by atoms with Crippen molar-refractivity contribution >= 4 is 11.3 Å². The highest BCUT2D eigenvalue weighted by molar-refractivity contribution is 7.07. The first-order valence-electron chi connectivity index (χ1n) is 7.14. The van der Waals surface area contributed by atoms with E-state index in [2.05, 4.69) is 59.4 Å². The summed E-state index contributed by atoms with van der Waals surface area (Å²) in [5.41, 5.74) is 2.92. The number of hydrogen-bond acceptors (Lipinski definition) is 2. The molecule has 19 heavy (non-hydrogen) atoms. The Morgan fingerprint density at radius 2 is 1.84 bits per heavy atom. The Kier molecular flexibility index (Phi) is 6.12. The van der Waals surface area contributed by atoms with Crippen LogP contribution in [-0.4, -0.2) is 13.1 Å². The zero-order valence-electron chi connectivity index (χ0n) is 11.6. The molecule has 2 aromatic rings. The third-order valence-corrected chi connectivity index (χ3v) is 4.06. The zero-order valence-corrected chi connectivity index (χ0v) is 12.5. The predicted molar refractivity (Wildman–Crippen MR) is 84.8 cm³/mol. The average Bonchev–Trinajstić information content (AvgIpc) is 2.93. The molecule has 2 rings (SSSR count). The SMILES string of the molecule is CCCNCC(Cc1ccccc1)Cc1ccsc1. The molecule has 1 aromatic carbocycles. The summed E-state index contributed by atoms with van der Waals surface area (Å²) in [5, 5.41) is 8.02. The fourth-order valence-corrected chi connectivity index (χ4v) is 3.07. The molecule has 0 saturated carbocycles. The molecule has 0 fully saturated rings. The normalized spacial score (nSPS) is 12.5. The van der Waals surface area contributed by atoms with Crippen molar-refractivity contribution in [3.8, 4) is 0 Å². The van der Waals surface area contributed by atoms with E-state index < -0.39 is 0 Å². The highest BCUT2D eigenvalue weighted by Crippen LogP contribution is 2.16. The Bertz CT molecular complexity index is 436. The van der Waals surface area contributed by atoms with Crippen molar-refractivity contribution in [3.05, 3.63) is 58.3 Å². The summed E-state index contributed by atoms with van der Waals surface area (Å²) in [4.78, 5) is 0. The molecule has 1 unspecified atom stereocenters. The van der Waals surface area contributed by atoms with Crippen LogP contribution in [0.25, 0.3) is 0 Å². The first-order valence-corrected chi connectivity index (χ1v) is 8.08. The first-order chi connectivity index (χ1) is 9.38. The quantitative estimate of drug-likeness (QED) is 0.713. The van der Waals surface area contributed by atoms with Crippen LogP contribution in [0.15, 0.2) is 47.2 Å². The number of rotatable bonds is 8. The molecule has 1 atom stereocenters. The fourth-order valence-electron chi connectivity index (χ4n) is 2.39. The maximum atomic E-state index is 3.57. The third-order valence-electron chi connectivity index (χ3n) is 3.33. The van der Waals surface area contributed by atoms with Crippen LogP contribution in [0.1, 0.15) is 24.5 Å². The van der Waals surface area contributed by atoms with Crippen LogP contribution in [-0.2, 0) is 12.8 Å². The minimum absolute atomic E-state index is 0.684. The van der Waals surface area contributed by atoms with Crippen molar-refractivity contribution in [1.82, 2.24) is 5.32 Å². The van der Waals surface area contributed by atoms with Crippen LogP contribution in [0.2, 0.25) is 0 Å². The van der Waals surface area contributed by atoms with Gasteiger partial charge < -0.3 is 5.32 Å². The van der Waals surface area contributed by atoms with E-state index >= 15 is 0 Å². The second-order valence-electron chi connectivity index (χ2n) is 5.10. The van der Waals surface area contributed by atoms with Gasteiger partial charge in [0.05, 0.1) is 0 Å². The molecule has 0 amide bonds. The summed E-state index contributed by atoms with van der Waals surface area (Å²) in [6, 6.07) is 13.1. The molecule has 1 nitrogen and oxygen atoms in total. The lowest BCUT2D eigenvalue weighted by molar-refractivity contribution is 0.471. The Morgan fingerprint density at radius 1 is 1.05 bits per heavy atom. The van der Waals surface area contributed by atoms with Crippen LogP contribution < -0.4 is 5.32 Å². The van der Waals surface area contributed by atoms with E-state index in [4.69, 9.17) is 0 Å². The zero-order chi connectivity index (χ0) is 13.3. The molecule has 0 aliphatic carbocycles. The molecule has 0 aliphatic heterocycles. The van der Waals surface area contributed by atoms with Gasteiger partial charge in [0.15, 0.2) is 0 Å². The van der Waals surface area contributed by atoms with Gasteiger partial charge in [-0.05, 0) is 66.2 Å². The predicted octanol–water partition coefficient (Wildman–Crippen LogP) is 4.15. The monoisotopic (exact) mass is 273 g/mol. The van der Waals surface area contributed by atoms with Gasteiger partial charge in [-0.25, -0.2) is 0 Å². The van der Waals surface area contributed by atoms with Crippen molar-refractivity contribution in [1.29, 1.82) is 0 Å². The van der Waals surface area contributed by atoms with Crippen molar-refractivity contribution in [2.45, 2.75) is 26.2 Å².